The molecular weight excluding hydrogens is 559 g/mol. The van der Waals surface area contributed by atoms with E-state index in [0.717, 1.165) is 10.9 Å². The van der Waals surface area contributed by atoms with E-state index in [-0.39, 0.29) is 23.2 Å². The van der Waals surface area contributed by atoms with E-state index in [1.54, 1.807) is 42.5 Å². The summed E-state index contributed by atoms with van der Waals surface area (Å²) in [7, 11) is 1.68. The van der Waals surface area contributed by atoms with Crippen molar-refractivity contribution in [3.63, 3.8) is 0 Å². The Balaban J connectivity index is 1.27. The third-order valence-electron chi connectivity index (χ3n) is 8.26. The van der Waals surface area contributed by atoms with Gasteiger partial charge in [-0.15, -0.1) is 0 Å². The van der Waals surface area contributed by atoms with Crippen LogP contribution in [0.25, 0.3) is 10.8 Å². The van der Waals surface area contributed by atoms with Crippen LogP contribution in [-0.4, -0.2) is 54.6 Å². The molecular formula is C35H39FN4O4. The highest BCUT2D eigenvalue weighted by Gasteiger charge is 2.45. The Hall–Kier alpha value is -4.50. The molecule has 0 aliphatic carbocycles. The molecule has 1 aliphatic heterocycles. The van der Waals surface area contributed by atoms with E-state index in [1.807, 2.05) is 61.7 Å². The van der Waals surface area contributed by atoms with Crippen molar-refractivity contribution in [2.75, 3.05) is 43.1 Å². The number of pyridine rings is 1. The molecule has 0 N–H and O–H groups in total. The molecule has 1 aliphatic rings. The number of carbonyl (C=O) groups is 2. The number of carbonyl (C=O) groups excluding carboxylic acids is 2. The summed E-state index contributed by atoms with van der Waals surface area (Å²) in [5.41, 5.74) is 0.954. The van der Waals surface area contributed by atoms with Crippen LogP contribution in [0.1, 0.15) is 32.8 Å². The third kappa shape index (κ3) is 6.38. The molecule has 0 atom stereocenters. The molecule has 9 heteroatoms. The van der Waals surface area contributed by atoms with Crippen molar-refractivity contribution >= 4 is 34.0 Å². The molecule has 8 nitrogen and oxygen atoms in total. The zero-order valence-corrected chi connectivity index (χ0v) is 25.8. The first-order valence-electron chi connectivity index (χ1n) is 15.0. The first-order chi connectivity index (χ1) is 21.1. The van der Waals surface area contributed by atoms with Crippen LogP contribution in [0.2, 0.25) is 0 Å². The highest BCUT2D eigenvalue weighted by Crippen LogP contribution is 2.40. The summed E-state index contributed by atoms with van der Waals surface area (Å²) in [5, 5.41) is 1.59. The van der Waals surface area contributed by atoms with Gasteiger partial charge in [0, 0.05) is 57.4 Å². The zero-order chi connectivity index (χ0) is 31.4. The van der Waals surface area contributed by atoms with Crippen LogP contribution >= 0.6 is 0 Å². The smallest absolute Gasteiger partial charge is 0.258 e. The summed E-state index contributed by atoms with van der Waals surface area (Å²) in [5.74, 6) is -0.176. The van der Waals surface area contributed by atoms with Gasteiger partial charge in [0.25, 0.3) is 5.56 Å². The quantitative estimate of drug-likeness (QED) is 0.169. The van der Waals surface area contributed by atoms with Gasteiger partial charge in [0.05, 0.1) is 18.0 Å². The lowest BCUT2D eigenvalue weighted by molar-refractivity contribution is -0.137. The number of benzene rings is 3. The summed E-state index contributed by atoms with van der Waals surface area (Å²) in [6.07, 6.45) is 2.50. The molecule has 2 amide bonds. The van der Waals surface area contributed by atoms with E-state index < -0.39 is 5.41 Å². The van der Waals surface area contributed by atoms with Crippen LogP contribution in [0.3, 0.4) is 0 Å². The largest absolute Gasteiger partial charge is 0.493 e. The van der Waals surface area contributed by atoms with Gasteiger partial charge in [-0.3, -0.25) is 19.3 Å². The average Bonchev–Trinajstić information content (AvgIpc) is 3.07. The van der Waals surface area contributed by atoms with E-state index in [4.69, 9.17) is 4.74 Å². The van der Waals surface area contributed by atoms with Crippen molar-refractivity contribution in [2.45, 2.75) is 40.3 Å². The molecule has 0 spiro atoms. The number of fused-ring (bicyclic) bond motifs is 2. The van der Waals surface area contributed by atoms with Crippen LogP contribution < -0.4 is 20.1 Å². The van der Waals surface area contributed by atoms with Gasteiger partial charge in [0.1, 0.15) is 17.0 Å². The van der Waals surface area contributed by atoms with Gasteiger partial charge in [-0.05, 0) is 74.5 Å². The molecule has 2 heterocycles. The first-order valence-corrected chi connectivity index (χ1v) is 15.0. The minimum absolute atomic E-state index is 0.0319. The highest BCUT2D eigenvalue weighted by atomic mass is 19.1. The maximum Gasteiger partial charge on any atom is 0.258 e. The molecule has 0 saturated heterocycles. The predicted octanol–water partition coefficient (Wildman–Crippen LogP) is 5.47. The zero-order valence-electron chi connectivity index (χ0n) is 25.8. The second-order valence-electron chi connectivity index (χ2n) is 11.7. The van der Waals surface area contributed by atoms with Gasteiger partial charge in [0.2, 0.25) is 11.8 Å². The summed E-state index contributed by atoms with van der Waals surface area (Å²) in [4.78, 5) is 44.7. The standard InChI is InChI=1S/C35H39FN4O4/c1-5-40-30-15-14-28(23-31(30)37(4)33(42)35(2,3)34(40)43)44-21-9-17-38(24-25-10-8-12-27(36)22-25)19-20-39-18-16-26-11-6-7-13-29(26)32(39)41/h6-8,10-16,18,22-23H,5,9,17,19-21,24H2,1-4H3. The SMILES string of the molecule is CCN1C(=O)C(C)(C)C(=O)N(C)c2cc(OCCCN(CCn3ccc4ccccc4c3=O)Cc3cccc(F)c3)ccc21. The molecule has 0 fully saturated rings. The van der Waals surface area contributed by atoms with Crippen molar-refractivity contribution < 1.29 is 18.7 Å². The van der Waals surface area contributed by atoms with Crippen LogP contribution in [0.15, 0.2) is 83.8 Å². The minimum atomic E-state index is -1.17. The Morgan fingerprint density at radius 2 is 1.68 bits per heavy atom. The second-order valence-corrected chi connectivity index (χ2v) is 11.7. The fourth-order valence-electron chi connectivity index (χ4n) is 5.77. The fourth-order valence-corrected chi connectivity index (χ4v) is 5.77. The summed E-state index contributed by atoms with van der Waals surface area (Å²) < 4.78 is 21.8. The van der Waals surface area contributed by atoms with Gasteiger partial charge in [-0.1, -0.05) is 30.3 Å². The summed E-state index contributed by atoms with van der Waals surface area (Å²) in [6, 6.07) is 21.5. The highest BCUT2D eigenvalue weighted by molar-refractivity contribution is 6.20. The molecule has 4 aromatic rings. The molecule has 0 bridgehead atoms. The molecule has 0 unspecified atom stereocenters. The van der Waals surface area contributed by atoms with E-state index in [0.29, 0.717) is 68.3 Å². The lowest BCUT2D eigenvalue weighted by atomic mass is 9.90. The molecule has 0 saturated carbocycles. The number of anilines is 2. The Labute approximate surface area is 257 Å². The Kier molecular flexibility index (Phi) is 9.15. The second kappa shape index (κ2) is 13.0. The number of halogens is 1. The van der Waals surface area contributed by atoms with Crippen molar-refractivity contribution in [1.29, 1.82) is 0 Å². The number of rotatable bonds is 11. The van der Waals surface area contributed by atoms with E-state index in [2.05, 4.69) is 4.90 Å². The third-order valence-corrected chi connectivity index (χ3v) is 8.26. The van der Waals surface area contributed by atoms with E-state index >= 15 is 0 Å². The van der Waals surface area contributed by atoms with Crippen LogP contribution in [-0.2, 0) is 22.7 Å². The number of hydrogen-bond donors (Lipinski definition) is 0. The molecule has 44 heavy (non-hydrogen) atoms. The van der Waals surface area contributed by atoms with Gasteiger partial charge in [0.15, 0.2) is 0 Å². The fraction of sp³-hybridized carbons (Fsp3) is 0.343. The molecule has 0 radical (unpaired) electrons. The lowest BCUT2D eigenvalue weighted by Crippen LogP contribution is -2.47. The Bertz CT molecular complexity index is 1730. The summed E-state index contributed by atoms with van der Waals surface area (Å²) in [6.45, 7) is 8.35. The van der Waals surface area contributed by atoms with Crippen LogP contribution in [0, 0.1) is 11.2 Å². The molecule has 3 aromatic carbocycles. The van der Waals surface area contributed by atoms with Gasteiger partial charge in [-0.25, -0.2) is 4.39 Å². The summed E-state index contributed by atoms with van der Waals surface area (Å²) >= 11 is 0. The molecule has 1 aromatic heterocycles. The maximum atomic E-state index is 13.9. The maximum absolute atomic E-state index is 13.9. The van der Waals surface area contributed by atoms with Gasteiger partial charge >= 0.3 is 0 Å². The molecule has 5 rings (SSSR count). The minimum Gasteiger partial charge on any atom is -0.493 e. The van der Waals surface area contributed by atoms with Crippen LogP contribution in [0.4, 0.5) is 15.8 Å². The van der Waals surface area contributed by atoms with Crippen molar-refractivity contribution in [1.82, 2.24) is 9.47 Å². The van der Waals surface area contributed by atoms with Crippen molar-refractivity contribution in [3.8, 4) is 5.75 Å². The Morgan fingerprint density at radius 1 is 0.886 bits per heavy atom. The van der Waals surface area contributed by atoms with Crippen molar-refractivity contribution in [3.05, 3.63) is 101 Å². The number of ether oxygens (including phenoxy) is 1. The first kappa shape index (κ1) is 30.9. The monoisotopic (exact) mass is 598 g/mol. The number of aromatic nitrogens is 1. The van der Waals surface area contributed by atoms with Crippen molar-refractivity contribution in [2.24, 2.45) is 5.41 Å². The lowest BCUT2D eigenvalue weighted by Gasteiger charge is -2.27. The van der Waals surface area contributed by atoms with E-state index in [1.165, 1.54) is 17.0 Å². The number of nitrogens with zero attached hydrogens (tertiary/aromatic N) is 4. The normalized spacial score (nSPS) is 14.7. The Morgan fingerprint density at radius 3 is 2.45 bits per heavy atom. The number of hydrogen-bond acceptors (Lipinski definition) is 5. The molecule has 230 valence electrons. The van der Waals surface area contributed by atoms with Gasteiger partial charge < -0.3 is 19.1 Å². The average molecular weight is 599 g/mol. The van der Waals surface area contributed by atoms with Crippen LogP contribution in [0.5, 0.6) is 5.75 Å². The number of amides is 2. The predicted molar refractivity (Wildman–Crippen MR) is 172 cm³/mol. The van der Waals surface area contributed by atoms with Gasteiger partial charge in [-0.2, -0.15) is 0 Å². The van der Waals surface area contributed by atoms with E-state index in [9.17, 15) is 18.8 Å². The topological polar surface area (TPSA) is 75.1 Å².